The number of likely N-dealkylation sites (tertiary alicyclic amines) is 1. The van der Waals surface area contributed by atoms with E-state index in [4.69, 9.17) is 4.74 Å². The molecule has 1 saturated heterocycles. The lowest BCUT2D eigenvalue weighted by Gasteiger charge is -2.16. The van der Waals surface area contributed by atoms with Crippen LogP contribution in [0.3, 0.4) is 0 Å². The SMILES string of the molecule is Cc1cccc(C(C)C)c1NC(=O)COC(=O)c1ccc(CN2C(=O)CCC2=O)cc1. The van der Waals surface area contributed by atoms with Crippen molar-refractivity contribution in [3.63, 3.8) is 0 Å². The summed E-state index contributed by atoms with van der Waals surface area (Å²) in [5, 5.41) is 2.84. The summed E-state index contributed by atoms with van der Waals surface area (Å²) < 4.78 is 5.14. The summed E-state index contributed by atoms with van der Waals surface area (Å²) in [6.45, 7) is 5.79. The Hall–Kier alpha value is -3.48. The van der Waals surface area contributed by atoms with Crippen LogP contribution in [0.4, 0.5) is 5.69 Å². The lowest BCUT2D eigenvalue weighted by atomic mass is 9.98. The first-order valence-corrected chi connectivity index (χ1v) is 10.2. The van der Waals surface area contributed by atoms with Gasteiger partial charge in [0.25, 0.3) is 5.91 Å². The first-order chi connectivity index (χ1) is 14.8. The number of hydrogen-bond donors (Lipinski definition) is 1. The molecule has 3 amide bonds. The predicted octanol–water partition coefficient (Wildman–Crippen LogP) is 3.56. The molecule has 0 aliphatic carbocycles. The van der Waals surface area contributed by atoms with Gasteiger partial charge in [0.15, 0.2) is 6.61 Å². The van der Waals surface area contributed by atoms with Crippen LogP contribution in [0, 0.1) is 6.92 Å². The van der Waals surface area contributed by atoms with Crippen LogP contribution in [0.2, 0.25) is 0 Å². The summed E-state index contributed by atoms with van der Waals surface area (Å²) in [4.78, 5) is 49.3. The van der Waals surface area contributed by atoms with Crippen LogP contribution in [0.1, 0.15) is 59.7 Å². The third-order valence-corrected chi connectivity index (χ3v) is 5.21. The lowest BCUT2D eigenvalue weighted by molar-refractivity contribution is -0.139. The minimum atomic E-state index is -0.621. The highest BCUT2D eigenvalue weighted by Crippen LogP contribution is 2.27. The smallest absolute Gasteiger partial charge is 0.338 e. The zero-order chi connectivity index (χ0) is 22.5. The molecule has 0 unspecified atom stereocenters. The molecule has 1 N–H and O–H groups in total. The highest BCUT2D eigenvalue weighted by molar-refractivity contribution is 6.02. The van der Waals surface area contributed by atoms with Gasteiger partial charge < -0.3 is 10.1 Å². The predicted molar refractivity (Wildman–Crippen MR) is 115 cm³/mol. The Morgan fingerprint density at radius 2 is 1.68 bits per heavy atom. The molecule has 2 aromatic rings. The monoisotopic (exact) mass is 422 g/mol. The van der Waals surface area contributed by atoms with E-state index in [1.54, 1.807) is 24.3 Å². The van der Waals surface area contributed by atoms with E-state index in [1.165, 1.54) is 4.90 Å². The number of benzene rings is 2. The van der Waals surface area contributed by atoms with Crippen LogP contribution in [-0.4, -0.2) is 35.2 Å². The Balaban J connectivity index is 1.56. The molecule has 0 atom stereocenters. The molecule has 7 nitrogen and oxygen atoms in total. The van der Waals surface area contributed by atoms with Crippen LogP contribution in [0.25, 0.3) is 0 Å². The molecule has 0 saturated carbocycles. The first kappa shape index (κ1) is 22.2. The van der Waals surface area contributed by atoms with E-state index in [9.17, 15) is 19.2 Å². The zero-order valence-corrected chi connectivity index (χ0v) is 17.9. The molecule has 0 radical (unpaired) electrons. The molecular weight excluding hydrogens is 396 g/mol. The second-order valence-electron chi connectivity index (χ2n) is 7.89. The second-order valence-corrected chi connectivity index (χ2v) is 7.89. The van der Waals surface area contributed by atoms with Crippen LogP contribution < -0.4 is 5.32 Å². The van der Waals surface area contributed by atoms with Crippen LogP contribution >= 0.6 is 0 Å². The minimum absolute atomic E-state index is 0.185. The van der Waals surface area contributed by atoms with E-state index in [-0.39, 0.29) is 42.7 Å². The van der Waals surface area contributed by atoms with E-state index in [0.717, 1.165) is 22.4 Å². The number of para-hydroxylation sites is 1. The summed E-state index contributed by atoms with van der Waals surface area (Å²) in [5.41, 5.74) is 3.73. The number of ether oxygens (including phenoxy) is 1. The summed E-state index contributed by atoms with van der Waals surface area (Å²) >= 11 is 0. The molecule has 162 valence electrons. The van der Waals surface area contributed by atoms with Gasteiger partial charge in [-0.15, -0.1) is 0 Å². The largest absolute Gasteiger partial charge is 0.452 e. The molecule has 1 fully saturated rings. The fourth-order valence-electron chi connectivity index (χ4n) is 3.46. The third-order valence-electron chi connectivity index (χ3n) is 5.21. The molecule has 1 aliphatic rings. The van der Waals surface area contributed by atoms with E-state index in [2.05, 4.69) is 5.32 Å². The number of carbonyl (C=O) groups is 4. The average Bonchev–Trinajstić information content (AvgIpc) is 3.06. The Kier molecular flexibility index (Phi) is 6.84. The summed E-state index contributed by atoms with van der Waals surface area (Å²) in [7, 11) is 0. The normalized spacial score (nSPS) is 13.6. The fraction of sp³-hybridized carbons (Fsp3) is 0.333. The van der Waals surface area contributed by atoms with Crippen LogP contribution in [0.5, 0.6) is 0 Å². The van der Waals surface area contributed by atoms with Gasteiger partial charge in [0.1, 0.15) is 0 Å². The van der Waals surface area contributed by atoms with E-state index in [0.29, 0.717) is 0 Å². The topological polar surface area (TPSA) is 92.8 Å². The lowest BCUT2D eigenvalue weighted by Crippen LogP contribution is -2.28. The molecule has 1 heterocycles. The van der Waals surface area contributed by atoms with E-state index >= 15 is 0 Å². The maximum atomic E-state index is 12.3. The molecule has 0 aromatic heterocycles. The van der Waals surface area contributed by atoms with Crippen molar-refractivity contribution < 1.29 is 23.9 Å². The number of esters is 1. The average molecular weight is 422 g/mol. The minimum Gasteiger partial charge on any atom is -0.452 e. The van der Waals surface area contributed by atoms with Crippen molar-refractivity contribution in [2.24, 2.45) is 0 Å². The van der Waals surface area contributed by atoms with Crippen molar-refractivity contribution in [3.8, 4) is 0 Å². The maximum Gasteiger partial charge on any atom is 0.338 e. The Morgan fingerprint density at radius 1 is 1.03 bits per heavy atom. The molecular formula is C24H26N2O5. The number of rotatable bonds is 7. The number of nitrogens with zero attached hydrogens (tertiary/aromatic N) is 1. The van der Waals surface area contributed by atoms with Gasteiger partial charge in [-0.3, -0.25) is 19.3 Å². The van der Waals surface area contributed by atoms with Crippen molar-refractivity contribution in [2.45, 2.75) is 46.1 Å². The summed E-state index contributed by atoms with van der Waals surface area (Å²) in [6, 6.07) is 12.3. The zero-order valence-electron chi connectivity index (χ0n) is 17.9. The number of aryl methyl sites for hydroxylation is 1. The van der Waals surface area contributed by atoms with Gasteiger partial charge in [0.05, 0.1) is 12.1 Å². The molecule has 1 aliphatic heterocycles. The van der Waals surface area contributed by atoms with E-state index in [1.807, 2.05) is 39.0 Å². The number of hydrogen-bond acceptors (Lipinski definition) is 5. The van der Waals surface area contributed by atoms with Gasteiger partial charge in [0, 0.05) is 18.5 Å². The molecule has 2 aromatic carbocycles. The molecule has 31 heavy (non-hydrogen) atoms. The van der Waals surface area contributed by atoms with Crippen molar-refractivity contribution in [3.05, 3.63) is 64.7 Å². The standard InChI is InChI=1S/C24H26N2O5/c1-15(2)19-6-4-5-16(3)23(19)25-20(27)14-31-24(30)18-9-7-17(8-10-18)13-26-21(28)11-12-22(26)29/h4-10,15H,11-14H2,1-3H3,(H,25,27). The van der Waals surface area contributed by atoms with Gasteiger partial charge in [-0.05, 0) is 41.7 Å². The van der Waals surface area contributed by atoms with Gasteiger partial charge >= 0.3 is 5.97 Å². The Morgan fingerprint density at radius 3 is 2.29 bits per heavy atom. The molecule has 3 rings (SSSR count). The fourth-order valence-corrected chi connectivity index (χ4v) is 3.46. The number of amides is 3. The summed E-state index contributed by atoms with van der Waals surface area (Å²) in [5.74, 6) is -1.17. The van der Waals surface area contributed by atoms with Crippen molar-refractivity contribution in [1.29, 1.82) is 0 Å². The van der Waals surface area contributed by atoms with Crippen molar-refractivity contribution >= 4 is 29.4 Å². The number of anilines is 1. The highest BCUT2D eigenvalue weighted by atomic mass is 16.5. The van der Waals surface area contributed by atoms with Crippen LogP contribution in [-0.2, 0) is 25.7 Å². The van der Waals surface area contributed by atoms with Crippen molar-refractivity contribution in [2.75, 3.05) is 11.9 Å². The Bertz CT molecular complexity index is 995. The molecule has 7 heteroatoms. The second kappa shape index (κ2) is 9.55. The van der Waals surface area contributed by atoms with Gasteiger partial charge in [-0.25, -0.2) is 4.79 Å². The number of nitrogens with one attached hydrogen (secondary N) is 1. The third kappa shape index (κ3) is 5.36. The van der Waals surface area contributed by atoms with Gasteiger partial charge in [-0.1, -0.05) is 44.2 Å². The van der Waals surface area contributed by atoms with Crippen LogP contribution in [0.15, 0.2) is 42.5 Å². The number of carbonyl (C=O) groups excluding carboxylic acids is 4. The van der Waals surface area contributed by atoms with Crippen molar-refractivity contribution in [1.82, 2.24) is 4.90 Å². The van der Waals surface area contributed by atoms with E-state index < -0.39 is 18.5 Å². The van der Waals surface area contributed by atoms with Gasteiger partial charge in [0.2, 0.25) is 11.8 Å². The molecule has 0 spiro atoms. The highest BCUT2D eigenvalue weighted by Gasteiger charge is 2.28. The molecule has 0 bridgehead atoms. The number of imide groups is 1. The van der Waals surface area contributed by atoms with Gasteiger partial charge in [-0.2, -0.15) is 0 Å². The maximum absolute atomic E-state index is 12.3. The summed E-state index contributed by atoms with van der Waals surface area (Å²) in [6.07, 6.45) is 0.485. The Labute approximate surface area is 181 Å². The first-order valence-electron chi connectivity index (χ1n) is 10.2. The quantitative estimate of drug-likeness (QED) is 0.544.